The maximum atomic E-state index is 12.6. The van der Waals surface area contributed by atoms with Gasteiger partial charge in [-0.15, -0.1) is 0 Å². The molecule has 2 aliphatic rings. The Morgan fingerprint density at radius 1 is 1.43 bits per heavy atom. The van der Waals surface area contributed by atoms with Crippen molar-refractivity contribution in [2.24, 2.45) is 0 Å². The van der Waals surface area contributed by atoms with E-state index in [0.29, 0.717) is 17.4 Å². The number of likely N-dealkylation sites (N-methyl/N-ethyl adjacent to an activating group) is 1. The second kappa shape index (κ2) is 8.57. The molecule has 0 radical (unpaired) electrons. The first-order valence-electron chi connectivity index (χ1n) is 10.3. The van der Waals surface area contributed by atoms with Gasteiger partial charge in [-0.05, 0) is 43.1 Å². The molecule has 4 rings (SSSR count). The molecule has 2 N–H and O–H groups in total. The zero-order valence-electron chi connectivity index (χ0n) is 17.2. The van der Waals surface area contributed by atoms with Gasteiger partial charge in [0.1, 0.15) is 12.2 Å². The molecule has 0 saturated carbocycles. The zero-order valence-corrected chi connectivity index (χ0v) is 18.1. The summed E-state index contributed by atoms with van der Waals surface area (Å²) in [5.74, 6) is -0.217. The third-order valence-corrected chi connectivity index (χ3v) is 6.02. The summed E-state index contributed by atoms with van der Waals surface area (Å²) < 4.78 is 7.55. The van der Waals surface area contributed by atoms with Crippen LogP contribution in [-0.2, 0) is 27.3 Å². The van der Waals surface area contributed by atoms with E-state index in [1.165, 1.54) is 4.90 Å². The van der Waals surface area contributed by atoms with Crippen molar-refractivity contribution in [1.29, 1.82) is 0 Å². The zero-order chi connectivity index (χ0) is 21.3. The molecule has 3 heterocycles. The molecular weight excluding hydrogens is 400 g/mol. The first-order valence-corrected chi connectivity index (χ1v) is 10.7. The molecule has 0 bridgehead atoms. The highest BCUT2D eigenvalue weighted by Gasteiger charge is 2.27. The van der Waals surface area contributed by atoms with Crippen LogP contribution in [0, 0.1) is 0 Å². The van der Waals surface area contributed by atoms with Crippen molar-refractivity contribution >= 4 is 46.1 Å². The third-order valence-electron chi connectivity index (χ3n) is 5.64. The van der Waals surface area contributed by atoms with Crippen molar-refractivity contribution in [2.45, 2.75) is 38.8 Å². The van der Waals surface area contributed by atoms with Crippen LogP contribution in [0.25, 0.3) is 17.0 Å². The average molecular weight is 427 g/mol. The van der Waals surface area contributed by atoms with Gasteiger partial charge in [-0.25, -0.2) is 0 Å². The molecule has 30 heavy (non-hydrogen) atoms. The van der Waals surface area contributed by atoms with Crippen molar-refractivity contribution < 1.29 is 14.3 Å². The molecule has 0 spiro atoms. The second-order valence-corrected chi connectivity index (χ2v) is 8.06. The number of ether oxygens (including phenoxy) is 1. The number of amides is 2. The summed E-state index contributed by atoms with van der Waals surface area (Å²) in [6.45, 7) is 3.62. The first-order chi connectivity index (χ1) is 14.5. The molecule has 2 aromatic rings. The predicted molar refractivity (Wildman–Crippen MR) is 120 cm³/mol. The number of thiocarbonyl (C=S) groups is 1. The van der Waals surface area contributed by atoms with Crippen LogP contribution in [-0.4, -0.2) is 52.7 Å². The van der Waals surface area contributed by atoms with Crippen LogP contribution in [0.15, 0.2) is 30.1 Å². The minimum atomic E-state index is -0.165. The summed E-state index contributed by atoms with van der Waals surface area (Å²) in [6, 6.07) is 6.09. The van der Waals surface area contributed by atoms with Crippen LogP contribution in [0.3, 0.4) is 0 Å². The van der Waals surface area contributed by atoms with Gasteiger partial charge in [-0.1, -0.05) is 25.1 Å². The highest BCUT2D eigenvalue weighted by molar-refractivity contribution is 7.80. The maximum absolute atomic E-state index is 12.6. The van der Waals surface area contributed by atoms with Crippen LogP contribution >= 0.6 is 12.2 Å². The molecule has 1 atom stereocenters. The molecule has 2 saturated heterocycles. The van der Waals surface area contributed by atoms with Gasteiger partial charge in [0.25, 0.3) is 5.91 Å². The van der Waals surface area contributed by atoms with Crippen molar-refractivity contribution in [3.05, 3.63) is 41.2 Å². The molecular formula is C22H26N4O3S. The van der Waals surface area contributed by atoms with Crippen LogP contribution in [0.5, 0.6) is 0 Å². The van der Waals surface area contributed by atoms with E-state index in [4.69, 9.17) is 17.0 Å². The lowest BCUT2D eigenvalue weighted by molar-refractivity contribution is -0.122. The quantitative estimate of drug-likeness (QED) is 0.547. The van der Waals surface area contributed by atoms with E-state index in [1.807, 2.05) is 22.9 Å². The Labute approximate surface area is 181 Å². The topological polar surface area (TPSA) is 75.6 Å². The van der Waals surface area contributed by atoms with Crippen molar-refractivity contribution in [3.8, 4) is 0 Å². The molecule has 2 fully saturated rings. The lowest BCUT2D eigenvalue weighted by Gasteiger charge is -2.12. The van der Waals surface area contributed by atoms with E-state index < -0.39 is 0 Å². The lowest BCUT2D eigenvalue weighted by Crippen LogP contribution is -2.34. The fourth-order valence-corrected chi connectivity index (χ4v) is 4.21. The van der Waals surface area contributed by atoms with Crippen molar-refractivity contribution in [3.63, 3.8) is 0 Å². The third kappa shape index (κ3) is 3.97. The molecule has 8 heteroatoms. The van der Waals surface area contributed by atoms with Crippen LogP contribution < -0.4 is 10.6 Å². The summed E-state index contributed by atoms with van der Waals surface area (Å²) in [5, 5.41) is 7.34. The second-order valence-electron chi connectivity index (χ2n) is 7.67. The van der Waals surface area contributed by atoms with Gasteiger partial charge in [-0.3, -0.25) is 14.5 Å². The Morgan fingerprint density at radius 2 is 2.27 bits per heavy atom. The van der Waals surface area contributed by atoms with Gasteiger partial charge in [0.05, 0.1) is 11.6 Å². The van der Waals surface area contributed by atoms with Crippen molar-refractivity contribution in [1.82, 2.24) is 20.1 Å². The smallest absolute Gasteiger partial charge is 0.276 e. The minimum absolute atomic E-state index is 0.0523. The number of nitrogens with zero attached hydrogens (tertiary/aromatic N) is 2. The van der Waals surface area contributed by atoms with Gasteiger partial charge in [0.2, 0.25) is 5.91 Å². The molecule has 1 aromatic carbocycles. The number of hydrogen-bond donors (Lipinski definition) is 2. The molecule has 0 unspecified atom stereocenters. The summed E-state index contributed by atoms with van der Waals surface area (Å²) in [6.07, 6.45) is 6.73. The van der Waals surface area contributed by atoms with Crippen LogP contribution in [0.1, 0.15) is 30.9 Å². The van der Waals surface area contributed by atoms with E-state index in [0.717, 1.165) is 47.9 Å². The summed E-state index contributed by atoms with van der Waals surface area (Å²) in [5.41, 5.74) is 3.48. The number of fused-ring (bicyclic) bond motifs is 1. The Kier molecular flexibility index (Phi) is 5.87. The average Bonchev–Trinajstić information content (AvgIpc) is 3.44. The Bertz CT molecular complexity index is 1040. The molecule has 0 aliphatic carbocycles. The van der Waals surface area contributed by atoms with Gasteiger partial charge >= 0.3 is 0 Å². The van der Waals surface area contributed by atoms with Gasteiger partial charge < -0.3 is 19.9 Å². The Balaban J connectivity index is 1.63. The van der Waals surface area contributed by atoms with Gasteiger partial charge in [-0.2, -0.15) is 0 Å². The number of rotatable bonds is 6. The first kappa shape index (κ1) is 20.6. The van der Waals surface area contributed by atoms with E-state index >= 15 is 0 Å². The number of benzene rings is 1. The SMILES string of the molecule is CCc1cccc2c(/C=C3\NC(=S)N(C)C3=O)cn(CC(=O)NC[C@H]3CCCO3)c12. The van der Waals surface area contributed by atoms with Gasteiger partial charge in [0, 0.05) is 37.3 Å². The fourth-order valence-electron chi connectivity index (χ4n) is 4.01. The van der Waals surface area contributed by atoms with E-state index in [-0.39, 0.29) is 24.5 Å². The number of para-hydroxylation sites is 1. The van der Waals surface area contributed by atoms with E-state index in [2.05, 4.69) is 23.6 Å². The highest BCUT2D eigenvalue weighted by atomic mass is 32.1. The van der Waals surface area contributed by atoms with Crippen molar-refractivity contribution in [2.75, 3.05) is 20.2 Å². The monoisotopic (exact) mass is 426 g/mol. The summed E-state index contributed by atoms with van der Waals surface area (Å²) in [4.78, 5) is 26.4. The number of hydrogen-bond acceptors (Lipinski definition) is 4. The van der Waals surface area contributed by atoms with Crippen LogP contribution in [0.2, 0.25) is 0 Å². The summed E-state index contributed by atoms with van der Waals surface area (Å²) >= 11 is 5.17. The molecule has 2 amide bonds. The highest BCUT2D eigenvalue weighted by Crippen LogP contribution is 2.28. The minimum Gasteiger partial charge on any atom is -0.376 e. The normalized spacial score (nSPS) is 20.4. The van der Waals surface area contributed by atoms with Crippen LogP contribution in [0.4, 0.5) is 0 Å². The molecule has 1 aromatic heterocycles. The number of carbonyl (C=O) groups is 2. The lowest BCUT2D eigenvalue weighted by atomic mass is 10.1. The maximum Gasteiger partial charge on any atom is 0.276 e. The molecule has 7 nitrogen and oxygen atoms in total. The Morgan fingerprint density at radius 3 is 2.93 bits per heavy atom. The van der Waals surface area contributed by atoms with E-state index in [1.54, 1.807) is 13.1 Å². The molecule has 2 aliphatic heterocycles. The summed E-state index contributed by atoms with van der Waals surface area (Å²) in [7, 11) is 1.65. The predicted octanol–water partition coefficient (Wildman–Crippen LogP) is 2.19. The number of aryl methyl sites for hydroxylation is 1. The van der Waals surface area contributed by atoms with E-state index in [9.17, 15) is 9.59 Å². The Hall–Kier alpha value is -2.71. The number of aromatic nitrogens is 1. The van der Waals surface area contributed by atoms with Gasteiger partial charge in [0.15, 0.2) is 5.11 Å². The largest absolute Gasteiger partial charge is 0.376 e. The fraction of sp³-hybridized carbons (Fsp3) is 0.409. The number of carbonyl (C=O) groups excluding carboxylic acids is 2. The number of nitrogens with one attached hydrogen (secondary N) is 2. The standard InChI is InChI=1S/C22H26N4O3S/c1-3-14-6-4-8-17-15(10-18-21(28)25(2)22(30)24-18)12-26(20(14)17)13-19(27)23-11-16-7-5-9-29-16/h4,6,8,10,12,16H,3,5,7,9,11,13H2,1-2H3,(H,23,27)(H,24,30)/b18-10-/t16-/m1/s1. The molecule has 158 valence electrons.